The molecule has 1 amide bonds. The zero-order valence-electron chi connectivity index (χ0n) is 17.1. The highest BCUT2D eigenvalue weighted by molar-refractivity contribution is 6.02. The van der Waals surface area contributed by atoms with Gasteiger partial charge in [0.25, 0.3) is 5.91 Å². The topological polar surface area (TPSA) is 78.7 Å². The molecule has 30 heavy (non-hydrogen) atoms. The predicted molar refractivity (Wildman–Crippen MR) is 111 cm³/mol. The van der Waals surface area contributed by atoms with E-state index in [0.717, 1.165) is 32.0 Å². The quantitative estimate of drug-likeness (QED) is 0.716. The standard InChI is InChI=1S/C21H24FN7O/c1-14-10-28-11-15(7-16(22)19(28)25-14)26-20(30)17-8-24-18(9-23-17)29-12-21(13-29)3-5-27(2)6-4-21/h7-11H,3-6,12-13H2,1-2H3,(H,26,30). The lowest BCUT2D eigenvalue weighted by Gasteiger charge is -2.54. The van der Waals surface area contributed by atoms with Gasteiger partial charge >= 0.3 is 0 Å². The van der Waals surface area contributed by atoms with Crippen molar-refractivity contribution in [1.82, 2.24) is 24.3 Å². The maximum atomic E-state index is 14.2. The molecule has 2 aliphatic heterocycles. The molecule has 0 radical (unpaired) electrons. The number of anilines is 2. The van der Waals surface area contributed by atoms with Gasteiger partial charge in [-0.15, -0.1) is 0 Å². The Morgan fingerprint density at radius 3 is 2.63 bits per heavy atom. The second-order valence-electron chi connectivity index (χ2n) is 8.56. The van der Waals surface area contributed by atoms with Gasteiger partial charge in [0.15, 0.2) is 11.5 Å². The van der Waals surface area contributed by atoms with Gasteiger partial charge in [-0.05, 0) is 39.9 Å². The number of fused-ring (bicyclic) bond motifs is 1. The molecule has 2 fully saturated rings. The molecule has 156 valence electrons. The summed E-state index contributed by atoms with van der Waals surface area (Å²) in [5.74, 6) is -0.138. The van der Waals surface area contributed by atoms with Gasteiger partial charge in [-0.3, -0.25) is 4.79 Å². The summed E-state index contributed by atoms with van der Waals surface area (Å²) in [6.45, 7) is 6.05. The number of likely N-dealkylation sites (tertiary alicyclic amines) is 1. The molecule has 0 saturated carbocycles. The predicted octanol–water partition coefficient (Wildman–Crippen LogP) is 2.36. The van der Waals surface area contributed by atoms with Crippen LogP contribution in [0.4, 0.5) is 15.9 Å². The lowest BCUT2D eigenvalue weighted by Crippen LogP contribution is -2.60. The van der Waals surface area contributed by atoms with E-state index >= 15 is 0 Å². The van der Waals surface area contributed by atoms with E-state index < -0.39 is 11.7 Å². The third kappa shape index (κ3) is 3.39. The van der Waals surface area contributed by atoms with Gasteiger partial charge in [0, 0.05) is 37.0 Å². The fraction of sp³-hybridized carbons (Fsp3) is 0.429. The first-order valence-electron chi connectivity index (χ1n) is 10.1. The number of pyridine rings is 1. The summed E-state index contributed by atoms with van der Waals surface area (Å²) >= 11 is 0. The van der Waals surface area contributed by atoms with E-state index in [2.05, 4.69) is 37.1 Å². The number of halogens is 1. The Morgan fingerprint density at radius 2 is 1.93 bits per heavy atom. The number of carbonyl (C=O) groups excluding carboxylic acids is 1. The normalized spacial score (nSPS) is 18.6. The molecule has 5 rings (SSSR count). The van der Waals surface area contributed by atoms with Crippen LogP contribution >= 0.6 is 0 Å². The second-order valence-corrected chi connectivity index (χ2v) is 8.56. The van der Waals surface area contributed by atoms with Gasteiger partial charge in [-0.1, -0.05) is 0 Å². The van der Waals surface area contributed by atoms with E-state index in [9.17, 15) is 9.18 Å². The van der Waals surface area contributed by atoms with Crippen molar-refractivity contribution < 1.29 is 9.18 Å². The highest BCUT2D eigenvalue weighted by Gasteiger charge is 2.44. The molecule has 0 aliphatic carbocycles. The number of piperidine rings is 1. The summed E-state index contributed by atoms with van der Waals surface area (Å²) in [6, 6.07) is 1.25. The number of carbonyl (C=O) groups is 1. The third-order valence-corrected chi connectivity index (χ3v) is 6.18. The minimum atomic E-state index is -0.497. The molecule has 5 heterocycles. The minimum Gasteiger partial charge on any atom is -0.354 e. The van der Waals surface area contributed by atoms with Gasteiger partial charge < -0.3 is 19.5 Å². The fourth-order valence-corrected chi connectivity index (χ4v) is 4.38. The molecule has 0 aromatic carbocycles. The molecule has 3 aromatic rings. The van der Waals surface area contributed by atoms with Crippen LogP contribution in [0.5, 0.6) is 0 Å². The average molecular weight is 409 g/mol. The van der Waals surface area contributed by atoms with Crippen molar-refractivity contribution >= 4 is 23.1 Å². The van der Waals surface area contributed by atoms with E-state index in [1.807, 2.05) is 0 Å². The number of rotatable bonds is 3. The van der Waals surface area contributed by atoms with Crippen LogP contribution in [0.3, 0.4) is 0 Å². The Balaban J connectivity index is 1.24. The van der Waals surface area contributed by atoms with Crippen molar-refractivity contribution in [1.29, 1.82) is 0 Å². The van der Waals surface area contributed by atoms with Crippen LogP contribution < -0.4 is 10.2 Å². The van der Waals surface area contributed by atoms with E-state index in [1.54, 1.807) is 29.9 Å². The van der Waals surface area contributed by atoms with Crippen LogP contribution in [-0.2, 0) is 0 Å². The summed E-state index contributed by atoms with van der Waals surface area (Å²) < 4.78 is 15.8. The minimum absolute atomic E-state index is 0.190. The summed E-state index contributed by atoms with van der Waals surface area (Å²) in [4.78, 5) is 29.9. The van der Waals surface area contributed by atoms with Crippen molar-refractivity contribution in [3.05, 3.63) is 48.1 Å². The smallest absolute Gasteiger partial charge is 0.275 e. The average Bonchev–Trinajstić information content (AvgIpc) is 3.08. The third-order valence-electron chi connectivity index (χ3n) is 6.18. The van der Waals surface area contributed by atoms with E-state index in [-0.39, 0.29) is 11.3 Å². The van der Waals surface area contributed by atoms with Crippen LogP contribution in [0, 0.1) is 18.2 Å². The molecular formula is C21H24FN7O. The fourth-order valence-electron chi connectivity index (χ4n) is 4.38. The van der Waals surface area contributed by atoms with Crippen LogP contribution in [0.25, 0.3) is 5.65 Å². The van der Waals surface area contributed by atoms with Crippen molar-refractivity contribution in [3.8, 4) is 0 Å². The number of hydrogen-bond acceptors (Lipinski definition) is 6. The lowest BCUT2D eigenvalue weighted by atomic mass is 9.72. The molecule has 0 atom stereocenters. The molecule has 8 nitrogen and oxygen atoms in total. The van der Waals surface area contributed by atoms with Crippen molar-refractivity contribution in [3.63, 3.8) is 0 Å². The first kappa shape index (κ1) is 18.9. The molecule has 1 N–H and O–H groups in total. The molecule has 0 unspecified atom stereocenters. The van der Waals surface area contributed by atoms with Crippen molar-refractivity contribution in [2.45, 2.75) is 19.8 Å². The SMILES string of the molecule is Cc1cn2cc(NC(=O)c3cnc(N4CC5(CCN(C)CC5)C4)cn3)cc(F)c2n1. The molecule has 1 spiro atoms. The molecule has 0 bridgehead atoms. The number of hydrogen-bond donors (Lipinski definition) is 1. The largest absolute Gasteiger partial charge is 0.354 e. The number of aromatic nitrogens is 4. The molecular weight excluding hydrogens is 385 g/mol. The Morgan fingerprint density at radius 1 is 1.17 bits per heavy atom. The number of aryl methyl sites for hydroxylation is 1. The van der Waals surface area contributed by atoms with Gasteiger partial charge in [0.05, 0.1) is 23.8 Å². The van der Waals surface area contributed by atoms with Crippen molar-refractivity contribution in [2.24, 2.45) is 5.41 Å². The Bertz CT molecular complexity index is 1090. The maximum absolute atomic E-state index is 14.2. The van der Waals surface area contributed by atoms with Gasteiger partial charge in [-0.2, -0.15) is 0 Å². The summed E-state index contributed by atoms with van der Waals surface area (Å²) in [7, 11) is 2.17. The summed E-state index contributed by atoms with van der Waals surface area (Å²) in [5, 5.41) is 2.68. The van der Waals surface area contributed by atoms with Crippen LogP contribution in [-0.4, -0.2) is 63.4 Å². The maximum Gasteiger partial charge on any atom is 0.275 e. The molecule has 9 heteroatoms. The van der Waals surface area contributed by atoms with Crippen molar-refractivity contribution in [2.75, 3.05) is 43.4 Å². The zero-order valence-corrected chi connectivity index (χ0v) is 17.1. The lowest BCUT2D eigenvalue weighted by molar-refractivity contribution is 0.0899. The van der Waals surface area contributed by atoms with E-state index in [4.69, 9.17) is 0 Å². The number of imidazole rings is 1. The van der Waals surface area contributed by atoms with Gasteiger partial charge in [0.1, 0.15) is 11.5 Å². The summed E-state index contributed by atoms with van der Waals surface area (Å²) in [5.41, 5.74) is 1.85. The number of nitrogens with zero attached hydrogens (tertiary/aromatic N) is 6. The van der Waals surface area contributed by atoms with E-state index in [1.165, 1.54) is 25.1 Å². The van der Waals surface area contributed by atoms with E-state index in [0.29, 0.717) is 16.8 Å². The second kappa shape index (κ2) is 7.02. The summed E-state index contributed by atoms with van der Waals surface area (Å²) in [6.07, 6.45) is 8.86. The van der Waals surface area contributed by atoms with Crippen LogP contribution in [0.2, 0.25) is 0 Å². The highest BCUT2D eigenvalue weighted by atomic mass is 19.1. The number of amides is 1. The van der Waals surface area contributed by atoms with Crippen LogP contribution in [0.15, 0.2) is 30.9 Å². The number of nitrogens with one attached hydrogen (secondary N) is 1. The molecule has 2 saturated heterocycles. The highest BCUT2D eigenvalue weighted by Crippen LogP contribution is 2.41. The first-order chi connectivity index (χ1) is 14.4. The Hall–Kier alpha value is -3.07. The molecule has 2 aliphatic rings. The Labute approximate surface area is 173 Å². The van der Waals surface area contributed by atoms with Gasteiger partial charge in [-0.25, -0.2) is 19.3 Å². The Kier molecular flexibility index (Phi) is 4.43. The monoisotopic (exact) mass is 409 g/mol. The first-order valence-corrected chi connectivity index (χ1v) is 10.1. The molecule has 3 aromatic heterocycles. The van der Waals surface area contributed by atoms with Crippen LogP contribution in [0.1, 0.15) is 29.0 Å². The van der Waals surface area contributed by atoms with Gasteiger partial charge in [0.2, 0.25) is 0 Å². The zero-order chi connectivity index (χ0) is 20.9.